The fraction of sp³-hybridized carbons (Fsp3) is 0.500. The van der Waals surface area contributed by atoms with Crippen molar-refractivity contribution in [2.75, 3.05) is 6.54 Å². The van der Waals surface area contributed by atoms with Crippen molar-refractivity contribution in [3.05, 3.63) is 34.8 Å². The van der Waals surface area contributed by atoms with Crippen LogP contribution >= 0.6 is 11.3 Å². The number of imidazole rings is 1. The second-order valence-electron chi connectivity index (χ2n) is 4.04. The first-order valence-corrected chi connectivity index (χ1v) is 6.81. The molecule has 1 unspecified atom stereocenters. The lowest BCUT2D eigenvalue weighted by molar-refractivity contribution is 0.630. The highest BCUT2D eigenvalue weighted by Crippen LogP contribution is 2.19. The van der Waals surface area contributed by atoms with Gasteiger partial charge in [0.15, 0.2) is 0 Å². The summed E-state index contributed by atoms with van der Waals surface area (Å²) in [5.74, 6) is 0. The number of aromatic nitrogens is 3. The van der Waals surface area contributed by atoms with Crippen LogP contribution in [0.4, 0.5) is 0 Å². The Hall–Kier alpha value is -1.20. The van der Waals surface area contributed by atoms with Crippen molar-refractivity contribution in [3.8, 4) is 0 Å². The molecule has 2 rings (SSSR count). The van der Waals surface area contributed by atoms with Crippen LogP contribution in [0.2, 0.25) is 0 Å². The first-order valence-electron chi connectivity index (χ1n) is 5.93. The zero-order valence-corrected chi connectivity index (χ0v) is 11.1. The largest absolute Gasteiger partial charge is 0.327 e. The fourth-order valence-corrected chi connectivity index (χ4v) is 2.35. The van der Waals surface area contributed by atoms with E-state index in [2.05, 4.69) is 39.9 Å². The highest BCUT2D eigenvalue weighted by Gasteiger charge is 2.10. The van der Waals surface area contributed by atoms with Crippen LogP contribution in [0.1, 0.15) is 37.0 Å². The van der Waals surface area contributed by atoms with Crippen molar-refractivity contribution in [2.24, 2.45) is 0 Å². The Balaban J connectivity index is 1.98. The molecular weight excluding hydrogens is 232 g/mol. The van der Waals surface area contributed by atoms with E-state index in [4.69, 9.17) is 0 Å². The molecular formula is C12H18N4S. The number of hydrogen-bond acceptors (Lipinski definition) is 4. The lowest BCUT2D eigenvalue weighted by Crippen LogP contribution is -2.14. The van der Waals surface area contributed by atoms with Crippen LogP contribution in [-0.4, -0.2) is 21.1 Å². The third-order valence-electron chi connectivity index (χ3n) is 2.64. The molecule has 0 fully saturated rings. The van der Waals surface area contributed by atoms with Crippen molar-refractivity contribution < 1.29 is 0 Å². The molecule has 2 heterocycles. The molecule has 1 atom stereocenters. The van der Waals surface area contributed by atoms with Crippen molar-refractivity contribution in [1.29, 1.82) is 0 Å². The molecule has 0 saturated carbocycles. The van der Waals surface area contributed by atoms with E-state index in [1.54, 1.807) is 11.3 Å². The minimum absolute atomic E-state index is 0.266. The van der Waals surface area contributed by atoms with Gasteiger partial charge >= 0.3 is 0 Å². The Morgan fingerprint density at radius 3 is 3.06 bits per heavy atom. The van der Waals surface area contributed by atoms with Gasteiger partial charge in [-0.25, -0.2) is 9.97 Å². The van der Waals surface area contributed by atoms with Crippen molar-refractivity contribution >= 4 is 11.3 Å². The van der Waals surface area contributed by atoms with E-state index in [0.717, 1.165) is 30.2 Å². The fourth-order valence-electron chi connectivity index (χ4n) is 1.64. The molecule has 0 spiro atoms. The molecule has 0 amide bonds. The van der Waals surface area contributed by atoms with Gasteiger partial charge in [0.2, 0.25) is 0 Å². The zero-order chi connectivity index (χ0) is 12.1. The van der Waals surface area contributed by atoms with Gasteiger partial charge in [-0.3, -0.25) is 0 Å². The molecule has 0 aliphatic heterocycles. The predicted molar refractivity (Wildman–Crippen MR) is 70.2 cm³/mol. The van der Waals surface area contributed by atoms with E-state index >= 15 is 0 Å². The normalized spacial score (nSPS) is 12.8. The van der Waals surface area contributed by atoms with Crippen LogP contribution in [0.5, 0.6) is 0 Å². The molecule has 0 aromatic carbocycles. The molecule has 5 heteroatoms. The van der Waals surface area contributed by atoms with Crippen LogP contribution in [0.25, 0.3) is 0 Å². The summed E-state index contributed by atoms with van der Waals surface area (Å²) in [6.45, 7) is 6.18. The Labute approximate surface area is 106 Å². The van der Waals surface area contributed by atoms with Gasteiger partial charge in [-0.05, 0) is 19.9 Å². The number of rotatable bonds is 6. The van der Waals surface area contributed by atoms with E-state index < -0.39 is 0 Å². The molecule has 2 aromatic heterocycles. The Morgan fingerprint density at radius 2 is 2.35 bits per heavy atom. The molecule has 0 radical (unpaired) electrons. The van der Waals surface area contributed by atoms with Gasteiger partial charge in [0.05, 0.1) is 18.1 Å². The minimum Gasteiger partial charge on any atom is -0.327 e. The lowest BCUT2D eigenvalue weighted by Gasteiger charge is -2.08. The second-order valence-corrected chi connectivity index (χ2v) is 4.96. The average molecular weight is 250 g/mol. The van der Waals surface area contributed by atoms with E-state index in [1.807, 2.05) is 17.9 Å². The molecule has 1 N–H and O–H groups in total. The van der Waals surface area contributed by atoms with E-state index in [0.29, 0.717) is 0 Å². The van der Waals surface area contributed by atoms with Gasteiger partial charge in [-0.2, -0.15) is 0 Å². The van der Waals surface area contributed by atoms with Gasteiger partial charge in [0.1, 0.15) is 5.01 Å². The molecule has 0 saturated heterocycles. The Morgan fingerprint density at radius 1 is 1.47 bits per heavy atom. The monoisotopic (exact) mass is 250 g/mol. The van der Waals surface area contributed by atoms with Gasteiger partial charge in [0.25, 0.3) is 0 Å². The van der Waals surface area contributed by atoms with Crippen molar-refractivity contribution in [3.63, 3.8) is 0 Å². The van der Waals surface area contributed by atoms with Crippen LogP contribution in [-0.2, 0) is 6.54 Å². The third kappa shape index (κ3) is 3.14. The second kappa shape index (κ2) is 5.93. The molecule has 2 aromatic rings. The van der Waals surface area contributed by atoms with Crippen molar-refractivity contribution in [1.82, 2.24) is 19.9 Å². The van der Waals surface area contributed by atoms with Crippen LogP contribution < -0.4 is 5.32 Å². The van der Waals surface area contributed by atoms with Gasteiger partial charge < -0.3 is 9.88 Å². The Bertz CT molecular complexity index is 435. The maximum absolute atomic E-state index is 4.40. The first kappa shape index (κ1) is 12.3. The predicted octanol–water partition coefficient (Wildman–Crippen LogP) is 2.45. The molecule has 0 bridgehead atoms. The topological polar surface area (TPSA) is 42.7 Å². The number of hydrogen-bond donors (Lipinski definition) is 1. The zero-order valence-electron chi connectivity index (χ0n) is 10.3. The van der Waals surface area contributed by atoms with E-state index in [1.165, 1.54) is 0 Å². The summed E-state index contributed by atoms with van der Waals surface area (Å²) in [5, 5.41) is 6.48. The highest BCUT2D eigenvalue weighted by atomic mass is 32.1. The smallest absolute Gasteiger partial charge is 0.115 e. The average Bonchev–Trinajstić information content (AvgIpc) is 3.00. The summed E-state index contributed by atoms with van der Waals surface area (Å²) in [5.41, 5.74) is 1.09. The summed E-state index contributed by atoms with van der Waals surface area (Å²) in [7, 11) is 0. The number of nitrogens with zero attached hydrogens (tertiary/aromatic N) is 3. The quantitative estimate of drug-likeness (QED) is 0.801. The number of nitrogens with one attached hydrogen (secondary N) is 1. The van der Waals surface area contributed by atoms with Gasteiger partial charge in [0, 0.05) is 24.3 Å². The van der Waals surface area contributed by atoms with Crippen LogP contribution in [0.15, 0.2) is 24.1 Å². The summed E-state index contributed by atoms with van der Waals surface area (Å²) >= 11 is 1.68. The SMILES string of the molecule is CCCNCc1cn(C(C)c2nccs2)cn1. The van der Waals surface area contributed by atoms with Crippen molar-refractivity contribution in [2.45, 2.75) is 32.9 Å². The van der Waals surface area contributed by atoms with Crippen LogP contribution in [0.3, 0.4) is 0 Å². The van der Waals surface area contributed by atoms with Gasteiger partial charge in [-0.1, -0.05) is 6.92 Å². The number of thiazole rings is 1. The van der Waals surface area contributed by atoms with E-state index in [-0.39, 0.29) is 6.04 Å². The molecule has 92 valence electrons. The molecule has 4 nitrogen and oxygen atoms in total. The molecule has 17 heavy (non-hydrogen) atoms. The molecule has 0 aliphatic rings. The third-order valence-corrected chi connectivity index (χ3v) is 3.59. The van der Waals surface area contributed by atoms with Gasteiger partial charge in [-0.15, -0.1) is 11.3 Å². The van der Waals surface area contributed by atoms with E-state index in [9.17, 15) is 0 Å². The summed E-state index contributed by atoms with van der Waals surface area (Å²) in [4.78, 5) is 8.73. The summed E-state index contributed by atoms with van der Waals surface area (Å²) in [6, 6.07) is 0.266. The van der Waals surface area contributed by atoms with Crippen LogP contribution in [0, 0.1) is 0 Å². The first-order chi connectivity index (χ1) is 8.31. The maximum Gasteiger partial charge on any atom is 0.115 e. The molecule has 0 aliphatic carbocycles. The lowest BCUT2D eigenvalue weighted by atomic mass is 10.3. The highest BCUT2D eigenvalue weighted by molar-refractivity contribution is 7.09. The Kier molecular flexibility index (Phi) is 4.28. The maximum atomic E-state index is 4.40. The standard InChI is InChI=1S/C12H18N4S/c1-3-4-13-7-11-8-16(9-15-11)10(2)12-14-5-6-17-12/h5-6,8-10,13H,3-4,7H2,1-2H3. The summed E-state index contributed by atoms with van der Waals surface area (Å²) in [6.07, 6.45) is 6.97. The summed E-state index contributed by atoms with van der Waals surface area (Å²) < 4.78 is 2.11. The minimum atomic E-state index is 0.266.